The average Bonchev–Trinajstić information content (AvgIpc) is 2.61. The quantitative estimate of drug-likeness (QED) is 0.636. The lowest BCUT2D eigenvalue weighted by Gasteiger charge is -2.15. The fraction of sp³-hybridized carbons (Fsp3) is 0.278. The highest BCUT2D eigenvalue weighted by Gasteiger charge is 2.18. The number of sulfonamides is 1. The van der Waals surface area contributed by atoms with Gasteiger partial charge in [0.1, 0.15) is 0 Å². The molecule has 0 aliphatic heterocycles. The molecule has 2 aromatic rings. The smallest absolute Gasteiger partial charge is 0.241 e. The highest BCUT2D eigenvalue weighted by Crippen LogP contribution is 2.22. The van der Waals surface area contributed by atoms with E-state index in [0.29, 0.717) is 10.0 Å². The van der Waals surface area contributed by atoms with Gasteiger partial charge in [0.2, 0.25) is 15.9 Å². The number of carbonyl (C=O) groups is 1. The predicted octanol–water partition coefficient (Wildman–Crippen LogP) is 3.14. The van der Waals surface area contributed by atoms with Gasteiger partial charge in [-0.2, -0.15) is 0 Å². The molecule has 2 rings (SSSR count). The Bertz CT molecular complexity index is 921. The number of carbonyl (C=O) groups excluding carboxylic acids is 1. The van der Waals surface area contributed by atoms with Crippen molar-refractivity contribution < 1.29 is 22.3 Å². The number of methoxy groups -OCH3 is 1. The molecule has 0 aromatic heterocycles. The molecule has 6 nitrogen and oxygen atoms in total. The monoisotopic (exact) mass is 458 g/mol. The molecule has 0 radical (unpaired) electrons. The van der Waals surface area contributed by atoms with Gasteiger partial charge in [-0.3, -0.25) is 4.79 Å². The molecule has 0 spiro atoms. The van der Waals surface area contributed by atoms with E-state index < -0.39 is 21.9 Å². The number of rotatable bonds is 8. The van der Waals surface area contributed by atoms with Crippen LogP contribution >= 0.6 is 15.9 Å². The first-order valence-corrected chi connectivity index (χ1v) is 10.4. The van der Waals surface area contributed by atoms with Crippen LogP contribution in [-0.4, -0.2) is 28.0 Å². The van der Waals surface area contributed by atoms with Gasteiger partial charge in [-0.05, 0) is 52.7 Å². The second kappa shape index (κ2) is 9.29. The fourth-order valence-corrected chi connectivity index (χ4v) is 4.42. The van der Waals surface area contributed by atoms with Crippen molar-refractivity contribution in [2.45, 2.75) is 24.3 Å². The van der Waals surface area contributed by atoms with Crippen molar-refractivity contribution in [3.63, 3.8) is 0 Å². The summed E-state index contributed by atoms with van der Waals surface area (Å²) >= 11 is 3.19. The number of halogens is 2. The molecule has 0 saturated heterocycles. The van der Waals surface area contributed by atoms with Gasteiger partial charge in [0.05, 0.1) is 18.0 Å². The van der Waals surface area contributed by atoms with Gasteiger partial charge in [-0.25, -0.2) is 17.5 Å². The Labute approximate surface area is 166 Å². The third-order valence-electron chi connectivity index (χ3n) is 3.82. The van der Waals surface area contributed by atoms with Gasteiger partial charge in [0.25, 0.3) is 0 Å². The van der Waals surface area contributed by atoms with E-state index in [0.717, 1.165) is 0 Å². The first-order chi connectivity index (χ1) is 12.7. The van der Waals surface area contributed by atoms with Crippen LogP contribution in [0.3, 0.4) is 0 Å². The summed E-state index contributed by atoms with van der Waals surface area (Å²) in [6.45, 7) is 1.66. The van der Waals surface area contributed by atoms with Crippen LogP contribution in [0.15, 0.2) is 51.8 Å². The summed E-state index contributed by atoms with van der Waals surface area (Å²) in [7, 11) is -2.35. The lowest BCUT2D eigenvalue weighted by molar-refractivity contribution is -0.121. The van der Waals surface area contributed by atoms with Gasteiger partial charge in [-0.1, -0.05) is 18.2 Å². The van der Waals surface area contributed by atoms with Gasteiger partial charge < -0.3 is 10.1 Å². The van der Waals surface area contributed by atoms with Crippen molar-refractivity contribution >= 4 is 31.9 Å². The molecule has 0 heterocycles. The predicted molar refractivity (Wildman–Crippen MR) is 103 cm³/mol. The fourth-order valence-electron chi connectivity index (χ4n) is 2.39. The zero-order valence-electron chi connectivity index (χ0n) is 14.8. The number of amides is 1. The normalized spacial score (nSPS) is 12.4. The van der Waals surface area contributed by atoms with Gasteiger partial charge in [0, 0.05) is 17.4 Å². The Morgan fingerprint density at radius 3 is 2.59 bits per heavy atom. The average molecular weight is 459 g/mol. The van der Waals surface area contributed by atoms with Crippen LogP contribution in [0, 0.1) is 5.82 Å². The van der Waals surface area contributed by atoms with E-state index in [-0.39, 0.29) is 29.5 Å². The van der Waals surface area contributed by atoms with Crippen LogP contribution in [0.5, 0.6) is 5.75 Å². The summed E-state index contributed by atoms with van der Waals surface area (Å²) in [4.78, 5) is 12.2. The van der Waals surface area contributed by atoms with Crippen molar-refractivity contribution in [3.8, 4) is 5.75 Å². The summed E-state index contributed by atoms with van der Waals surface area (Å²) in [6.07, 6.45) is -0.0489. The van der Waals surface area contributed by atoms with Crippen LogP contribution < -0.4 is 14.8 Å². The maximum absolute atomic E-state index is 13.8. The Hall–Kier alpha value is -1.97. The minimum atomic E-state index is -3.72. The van der Waals surface area contributed by atoms with Gasteiger partial charge in [0.15, 0.2) is 11.6 Å². The molecular formula is C18H20BrFN2O4S. The third-order valence-corrected chi connectivity index (χ3v) is 6.30. The maximum atomic E-state index is 13.8. The number of benzene rings is 2. The Balaban J connectivity index is 1.89. The summed E-state index contributed by atoms with van der Waals surface area (Å²) in [5.74, 6) is -0.746. The molecule has 1 atom stereocenters. The van der Waals surface area contributed by atoms with Crippen LogP contribution in [-0.2, 0) is 14.8 Å². The van der Waals surface area contributed by atoms with Crippen molar-refractivity contribution in [2.24, 2.45) is 0 Å². The second-order valence-corrected chi connectivity index (χ2v) is 8.35. The second-order valence-electron chi connectivity index (χ2n) is 5.76. The highest BCUT2D eigenvalue weighted by molar-refractivity contribution is 9.10. The summed E-state index contributed by atoms with van der Waals surface area (Å²) in [6, 6.07) is 10.4. The molecule has 1 amide bonds. The number of hydrogen-bond acceptors (Lipinski definition) is 4. The molecule has 27 heavy (non-hydrogen) atoms. The Morgan fingerprint density at radius 1 is 1.26 bits per heavy atom. The van der Waals surface area contributed by atoms with E-state index in [1.807, 2.05) is 0 Å². The number of ether oxygens (including phenoxy) is 1. The van der Waals surface area contributed by atoms with Crippen molar-refractivity contribution in [2.75, 3.05) is 13.7 Å². The molecule has 9 heteroatoms. The third kappa shape index (κ3) is 5.75. The molecule has 146 valence electrons. The Kier molecular flexibility index (Phi) is 7.34. The number of hydrogen-bond donors (Lipinski definition) is 2. The van der Waals surface area contributed by atoms with Gasteiger partial charge >= 0.3 is 0 Å². The molecule has 1 unspecified atom stereocenters. The molecular weight excluding hydrogens is 439 g/mol. The minimum absolute atomic E-state index is 0.0489. The van der Waals surface area contributed by atoms with Crippen molar-refractivity contribution in [1.82, 2.24) is 10.0 Å². The zero-order chi connectivity index (χ0) is 20.0. The zero-order valence-corrected chi connectivity index (χ0v) is 17.2. The van der Waals surface area contributed by atoms with E-state index in [9.17, 15) is 17.6 Å². The lowest BCUT2D eigenvalue weighted by atomic mass is 10.1. The van der Waals surface area contributed by atoms with E-state index in [1.54, 1.807) is 31.2 Å². The number of nitrogens with one attached hydrogen (secondary N) is 2. The van der Waals surface area contributed by atoms with Crippen molar-refractivity contribution in [1.29, 1.82) is 0 Å². The summed E-state index contributed by atoms with van der Waals surface area (Å²) < 4.78 is 45.9. The van der Waals surface area contributed by atoms with Gasteiger partial charge in [-0.15, -0.1) is 0 Å². The molecule has 0 aliphatic rings. The van der Waals surface area contributed by atoms with Crippen LogP contribution in [0.1, 0.15) is 24.9 Å². The van der Waals surface area contributed by atoms with E-state index in [2.05, 4.69) is 26.0 Å². The summed E-state index contributed by atoms with van der Waals surface area (Å²) in [5.41, 5.74) is 0.579. The maximum Gasteiger partial charge on any atom is 0.241 e. The molecule has 0 fully saturated rings. The molecule has 0 aliphatic carbocycles. The molecule has 0 bridgehead atoms. The molecule has 2 aromatic carbocycles. The van der Waals surface area contributed by atoms with E-state index >= 15 is 0 Å². The highest BCUT2D eigenvalue weighted by atomic mass is 79.9. The Morgan fingerprint density at radius 2 is 1.96 bits per heavy atom. The lowest BCUT2D eigenvalue weighted by Crippen LogP contribution is -2.32. The van der Waals surface area contributed by atoms with E-state index in [1.165, 1.54) is 25.3 Å². The summed E-state index contributed by atoms with van der Waals surface area (Å²) in [5, 5.41) is 2.71. The first-order valence-electron chi connectivity index (χ1n) is 8.11. The van der Waals surface area contributed by atoms with Crippen molar-refractivity contribution in [3.05, 3.63) is 58.3 Å². The van der Waals surface area contributed by atoms with Crippen LogP contribution in [0.4, 0.5) is 4.39 Å². The van der Waals surface area contributed by atoms with E-state index in [4.69, 9.17) is 4.74 Å². The molecule has 0 saturated carbocycles. The molecule has 2 N–H and O–H groups in total. The SMILES string of the molecule is COc1ccc(C(C)NC(=O)CCNS(=O)(=O)c2ccccc2Br)cc1F. The van der Waals surface area contributed by atoms with Crippen LogP contribution in [0.25, 0.3) is 0 Å². The topological polar surface area (TPSA) is 84.5 Å². The minimum Gasteiger partial charge on any atom is -0.494 e. The largest absolute Gasteiger partial charge is 0.494 e. The first kappa shape index (κ1) is 21.3. The standard InChI is InChI=1S/C18H20BrFN2O4S/c1-12(13-7-8-16(26-2)15(20)11-13)22-18(23)9-10-21-27(24,25)17-6-4-3-5-14(17)19/h3-8,11-12,21H,9-10H2,1-2H3,(H,22,23). The van der Waals surface area contributed by atoms with Crippen LogP contribution in [0.2, 0.25) is 0 Å².